The second kappa shape index (κ2) is 8.20. The van der Waals surface area contributed by atoms with Crippen LogP contribution < -0.4 is 0 Å². The van der Waals surface area contributed by atoms with Gasteiger partial charge in [-0.2, -0.15) is 13.2 Å². The second-order valence-electron chi connectivity index (χ2n) is 5.21. The summed E-state index contributed by atoms with van der Waals surface area (Å²) in [5.41, 5.74) is 0.0311. The molecule has 1 saturated carbocycles. The summed E-state index contributed by atoms with van der Waals surface area (Å²) in [4.78, 5) is 11.6. The van der Waals surface area contributed by atoms with Crippen LogP contribution in [0.5, 0.6) is 0 Å². The average Bonchev–Trinajstić information content (AvgIpc) is 2.55. The van der Waals surface area contributed by atoms with Crippen LogP contribution in [0.2, 0.25) is 0 Å². The zero-order valence-corrected chi connectivity index (χ0v) is 13.2. The lowest BCUT2D eigenvalue weighted by Crippen LogP contribution is -2.23. The molecule has 2 unspecified atom stereocenters. The largest absolute Gasteiger partial charge is 0.469 e. The highest BCUT2D eigenvalue weighted by molar-refractivity contribution is 5.72. The van der Waals surface area contributed by atoms with Crippen molar-refractivity contribution in [1.82, 2.24) is 0 Å². The molecule has 1 aromatic carbocycles. The highest BCUT2D eigenvalue weighted by Crippen LogP contribution is 2.38. The van der Waals surface area contributed by atoms with E-state index in [0.29, 0.717) is 12.0 Å². The molecule has 0 N–H and O–H groups in total. The minimum Gasteiger partial charge on any atom is -0.469 e. The van der Waals surface area contributed by atoms with Gasteiger partial charge >= 0.3 is 12.1 Å². The van der Waals surface area contributed by atoms with E-state index in [1.165, 1.54) is 19.2 Å². The molecule has 0 aromatic heterocycles. The number of hydrogen-bond donors (Lipinski definition) is 0. The summed E-state index contributed by atoms with van der Waals surface area (Å²) < 4.78 is 42.9. The topological polar surface area (TPSA) is 26.3 Å². The van der Waals surface area contributed by atoms with Crippen LogP contribution in [0.25, 0.3) is 0 Å². The summed E-state index contributed by atoms with van der Waals surface area (Å²) in [6.45, 7) is 4.00. The number of ether oxygens (including phenoxy) is 1. The van der Waals surface area contributed by atoms with Gasteiger partial charge in [-0.05, 0) is 36.8 Å². The van der Waals surface area contributed by atoms with Gasteiger partial charge in [-0.3, -0.25) is 4.79 Å². The van der Waals surface area contributed by atoms with Crippen molar-refractivity contribution in [3.05, 3.63) is 35.4 Å². The quantitative estimate of drug-likeness (QED) is 0.703. The summed E-state index contributed by atoms with van der Waals surface area (Å²) in [5.74, 6) is -0.467. The molecule has 0 aliphatic heterocycles. The van der Waals surface area contributed by atoms with E-state index < -0.39 is 11.7 Å². The third kappa shape index (κ3) is 4.75. The van der Waals surface area contributed by atoms with E-state index in [1.54, 1.807) is 6.07 Å². The van der Waals surface area contributed by atoms with Crippen molar-refractivity contribution >= 4 is 5.97 Å². The number of carbonyl (C=O) groups excluding carboxylic acids is 1. The Kier molecular flexibility index (Phi) is 6.91. The zero-order valence-electron chi connectivity index (χ0n) is 13.2. The smallest absolute Gasteiger partial charge is 0.416 e. The van der Waals surface area contributed by atoms with E-state index in [9.17, 15) is 18.0 Å². The molecule has 2 nitrogen and oxygen atoms in total. The Labute approximate surface area is 129 Å². The molecule has 0 saturated heterocycles. The molecule has 2 rings (SSSR count). The first-order valence-corrected chi connectivity index (χ1v) is 7.67. The lowest BCUT2D eigenvalue weighted by Gasteiger charge is -2.28. The maximum Gasteiger partial charge on any atom is 0.416 e. The van der Waals surface area contributed by atoms with E-state index in [0.717, 1.165) is 25.3 Å². The van der Waals surface area contributed by atoms with Gasteiger partial charge in [-0.15, -0.1) is 0 Å². The Balaban J connectivity index is 0.00000116. The Morgan fingerprint density at radius 1 is 1.23 bits per heavy atom. The van der Waals surface area contributed by atoms with Gasteiger partial charge in [0.05, 0.1) is 18.6 Å². The second-order valence-corrected chi connectivity index (χ2v) is 5.21. The normalized spacial score (nSPS) is 21.5. The summed E-state index contributed by atoms with van der Waals surface area (Å²) in [5, 5.41) is 0. The lowest BCUT2D eigenvalue weighted by atomic mass is 9.78. The standard InChI is InChI=1S/C15H17F3O2.C2H6/c1-20-14(19)12-6-2-4-10(8-12)11-5-3-7-13(9-11)15(16,17)18;1-2/h3,5,7,9-10,12H,2,4,6,8H2,1H3;1-2H3. The van der Waals surface area contributed by atoms with Gasteiger partial charge in [0.1, 0.15) is 0 Å². The highest BCUT2D eigenvalue weighted by Gasteiger charge is 2.33. The zero-order chi connectivity index (χ0) is 16.8. The monoisotopic (exact) mass is 316 g/mol. The SMILES string of the molecule is CC.COC(=O)C1CCCC(c2cccc(C(F)(F)F)c2)C1. The summed E-state index contributed by atoms with van der Waals surface area (Å²) >= 11 is 0. The van der Waals surface area contributed by atoms with Crippen molar-refractivity contribution in [2.24, 2.45) is 5.92 Å². The van der Waals surface area contributed by atoms with E-state index in [1.807, 2.05) is 13.8 Å². The van der Waals surface area contributed by atoms with Gasteiger partial charge in [0.25, 0.3) is 0 Å². The average molecular weight is 316 g/mol. The van der Waals surface area contributed by atoms with Crippen molar-refractivity contribution in [1.29, 1.82) is 0 Å². The Hall–Kier alpha value is -1.52. The first-order chi connectivity index (χ1) is 10.4. The van der Waals surface area contributed by atoms with Gasteiger partial charge in [0.2, 0.25) is 0 Å². The summed E-state index contributed by atoms with van der Waals surface area (Å²) in [7, 11) is 1.34. The molecule has 0 spiro atoms. The predicted octanol–water partition coefficient (Wildman–Crippen LogP) is 5.18. The minimum atomic E-state index is -4.33. The number of benzene rings is 1. The van der Waals surface area contributed by atoms with Crippen LogP contribution in [0, 0.1) is 5.92 Å². The van der Waals surface area contributed by atoms with Gasteiger partial charge in [-0.25, -0.2) is 0 Å². The number of carbonyl (C=O) groups is 1. The molecule has 5 heteroatoms. The fourth-order valence-corrected chi connectivity index (χ4v) is 2.84. The van der Waals surface area contributed by atoms with Crippen LogP contribution in [0.4, 0.5) is 13.2 Å². The number of alkyl halides is 3. The van der Waals surface area contributed by atoms with Gasteiger partial charge in [0, 0.05) is 0 Å². The number of esters is 1. The Morgan fingerprint density at radius 3 is 2.50 bits per heavy atom. The van der Waals surface area contributed by atoms with Crippen molar-refractivity contribution < 1.29 is 22.7 Å². The highest BCUT2D eigenvalue weighted by atomic mass is 19.4. The van der Waals surface area contributed by atoms with Crippen LogP contribution in [0.15, 0.2) is 24.3 Å². The number of rotatable bonds is 2. The molecular weight excluding hydrogens is 293 g/mol. The fourth-order valence-electron chi connectivity index (χ4n) is 2.84. The molecule has 1 aromatic rings. The van der Waals surface area contributed by atoms with Crippen LogP contribution in [-0.4, -0.2) is 13.1 Å². The van der Waals surface area contributed by atoms with E-state index >= 15 is 0 Å². The third-order valence-electron chi connectivity index (χ3n) is 3.89. The number of halogens is 3. The molecule has 0 radical (unpaired) electrons. The molecule has 2 atom stereocenters. The summed E-state index contributed by atoms with van der Waals surface area (Å²) in [6, 6.07) is 5.41. The van der Waals surface area contributed by atoms with Crippen molar-refractivity contribution in [2.45, 2.75) is 51.6 Å². The third-order valence-corrected chi connectivity index (χ3v) is 3.89. The van der Waals surface area contributed by atoms with Gasteiger partial charge < -0.3 is 4.74 Å². The minimum absolute atomic E-state index is 0.00449. The van der Waals surface area contributed by atoms with Crippen LogP contribution in [-0.2, 0) is 15.7 Å². The number of hydrogen-bond acceptors (Lipinski definition) is 2. The van der Waals surface area contributed by atoms with Crippen LogP contribution >= 0.6 is 0 Å². The van der Waals surface area contributed by atoms with Gasteiger partial charge in [-0.1, -0.05) is 38.5 Å². The molecule has 0 amide bonds. The predicted molar refractivity (Wildman–Crippen MR) is 79.5 cm³/mol. The first kappa shape index (κ1) is 18.5. The molecule has 1 fully saturated rings. The Morgan fingerprint density at radius 2 is 1.91 bits per heavy atom. The van der Waals surface area contributed by atoms with E-state index in [-0.39, 0.29) is 17.8 Å². The van der Waals surface area contributed by atoms with Crippen molar-refractivity contribution in [3.63, 3.8) is 0 Å². The van der Waals surface area contributed by atoms with Crippen molar-refractivity contribution in [3.8, 4) is 0 Å². The number of methoxy groups -OCH3 is 1. The first-order valence-electron chi connectivity index (χ1n) is 7.67. The molecule has 22 heavy (non-hydrogen) atoms. The molecule has 0 heterocycles. The lowest BCUT2D eigenvalue weighted by molar-refractivity contribution is -0.146. The van der Waals surface area contributed by atoms with Crippen LogP contribution in [0.1, 0.15) is 56.6 Å². The molecule has 1 aliphatic carbocycles. The van der Waals surface area contributed by atoms with Crippen molar-refractivity contribution in [2.75, 3.05) is 7.11 Å². The van der Waals surface area contributed by atoms with Gasteiger partial charge in [0.15, 0.2) is 0 Å². The maximum atomic E-state index is 12.7. The Bertz CT molecular complexity index is 483. The molecular formula is C17H23F3O2. The van der Waals surface area contributed by atoms with E-state index in [2.05, 4.69) is 0 Å². The molecule has 0 bridgehead atoms. The summed E-state index contributed by atoms with van der Waals surface area (Å²) in [6.07, 6.45) is -1.36. The molecule has 1 aliphatic rings. The fraction of sp³-hybridized carbons (Fsp3) is 0.588. The maximum absolute atomic E-state index is 12.7. The molecule has 124 valence electrons. The van der Waals surface area contributed by atoms with Crippen LogP contribution in [0.3, 0.4) is 0 Å². The van der Waals surface area contributed by atoms with E-state index in [4.69, 9.17) is 4.74 Å².